The van der Waals surface area contributed by atoms with Gasteiger partial charge in [0.05, 0.1) is 11.1 Å². The van der Waals surface area contributed by atoms with Gasteiger partial charge in [-0.3, -0.25) is 19.4 Å². The monoisotopic (exact) mass is 173 g/mol. The fraction of sp³-hybridized carbons (Fsp3) is 0. The van der Waals surface area contributed by atoms with Gasteiger partial charge in [0, 0.05) is 11.1 Å². The van der Waals surface area contributed by atoms with Crippen LogP contribution in [0.25, 0.3) is 23.3 Å². The highest BCUT2D eigenvalue weighted by Gasteiger charge is 2.29. The van der Waals surface area contributed by atoms with Crippen molar-refractivity contribution in [1.82, 2.24) is 4.98 Å². The molecule has 1 aliphatic heterocycles. The van der Waals surface area contributed by atoms with Crippen LogP contribution in [0.15, 0.2) is 14.4 Å². The van der Waals surface area contributed by atoms with E-state index in [2.05, 4.69) is 4.98 Å². The van der Waals surface area contributed by atoms with Gasteiger partial charge in [-0.2, -0.15) is 0 Å². The molecule has 0 spiro atoms. The smallest absolute Gasteiger partial charge is 0.259 e. The van der Waals surface area contributed by atoms with Crippen LogP contribution in [0.4, 0.5) is 0 Å². The summed E-state index contributed by atoms with van der Waals surface area (Å²) in [4.78, 5) is 35.9. The summed E-state index contributed by atoms with van der Waals surface area (Å²) in [6.45, 7) is 0. The van der Waals surface area contributed by atoms with Gasteiger partial charge < -0.3 is 0 Å². The predicted octanol–water partition coefficient (Wildman–Crippen LogP) is -0.440. The molecule has 0 unspecified atom stereocenters. The van der Waals surface area contributed by atoms with E-state index in [1.165, 1.54) is 0 Å². The molecule has 0 aromatic carbocycles. The lowest BCUT2D eigenvalue weighted by Crippen LogP contribution is -2.09. The first-order chi connectivity index (χ1) is 6.20. The van der Waals surface area contributed by atoms with E-state index in [1.807, 2.05) is 0 Å². The number of H-pyrrole nitrogens is 1. The Kier molecular flexibility index (Phi) is 0.847. The highest BCUT2D eigenvalue weighted by Crippen LogP contribution is 2.29. The highest BCUT2D eigenvalue weighted by molar-refractivity contribution is 5.96. The summed E-state index contributed by atoms with van der Waals surface area (Å²) in [6, 6.07) is 0. The first-order valence-electron chi connectivity index (χ1n) is 3.77. The lowest BCUT2D eigenvalue weighted by atomic mass is 10.1. The van der Waals surface area contributed by atoms with E-state index in [4.69, 9.17) is 0 Å². The molecule has 0 amide bonds. The van der Waals surface area contributed by atoms with Crippen molar-refractivity contribution in [2.45, 2.75) is 0 Å². The number of aromatic amines is 1. The van der Waals surface area contributed by atoms with Gasteiger partial charge in [-0.15, -0.1) is 0 Å². The molecule has 1 N–H and O–H groups in total. The second-order valence-corrected chi connectivity index (χ2v) is 3.02. The maximum Gasteiger partial charge on any atom is 0.259 e. The van der Waals surface area contributed by atoms with E-state index >= 15 is 0 Å². The molecule has 2 aliphatic carbocycles. The average Bonchev–Trinajstić information content (AvgIpc) is 2.67. The summed E-state index contributed by atoms with van der Waals surface area (Å²) in [7, 11) is 0. The molecule has 0 atom stereocenters. The molecule has 0 aromatic heterocycles. The molecule has 62 valence electrons. The normalized spacial score (nSPS) is 13.2. The molecule has 0 saturated heterocycles. The molecule has 0 fully saturated rings. The van der Waals surface area contributed by atoms with Crippen LogP contribution >= 0.6 is 0 Å². The fourth-order valence-corrected chi connectivity index (χ4v) is 1.83. The van der Waals surface area contributed by atoms with Crippen molar-refractivity contribution in [3.63, 3.8) is 0 Å². The topological polar surface area (TPSA) is 67.0 Å². The molecule has 3 rings (SSSR count). The van der Waals surface area contributed by atoms with Crippen molar-refractivity contribution >= 4 is 12.2 Å². The Balaban J connectivity index is 2.80. The molecular weight excluding hydrogens is 170 g/mol. The van der Waals surface area contributed by atoms with E-state index in [9.17, 15) is 14.4 Å². The van der Waals surface area contributed by atoms with Crippen LogP contribution < -0.4 is 16.5 Å². The molecule has 0 aromatic rings. The third-order valence-corrected chi connectivity index (χ3v) is 2.38. The van der Waals surface area contributed by atoms with Gasteiger partial charge in [-0.1, -0.05) is 0 Å². The fourth-order valence-electron chi connectivity index (χ4n) is 1.83. The van der Waals surface area contributed by atoms with E-state index < -0.39 is 11.1 Å². The van der Waals surface area contributed by atoms with Crippen LogP contribution in [0, 0.1) is 0 Å². The lowest BCUT2D eigenvalue weighted by Gasteiger charge is -1.91. The third-order valence-electron chi connectivity index (χ3n) is 2.38. The lowest BCUT2D eigenvalue weighted by molar-refractivity contribution is 1.25. The maximum absolute atomic E-state index is 11.4. The molecule has 0 saturated carbocycles. The van der Waals surface area contributed by atoms with Gasteiger partial charge in [0.2, 0.25) is 0 Å². The van der Waals surface area contributed by atoms with E-state index in [-0.39, 0.29) is 16.6 Å². The Hall–Kier alpha value is -1.97. The largest absolute Gasteiger partial charge is 0.289 e. The highest BCUT2D eigenvalue weighted by atomic mass is 16.2. The van der Waals surface area contributed by atoms with Crippen LogP contribution in [0.2, 0.25) is 0 Å². The number of hydrogen-bond acceptors (Lipinski definition) is 3. The first-order valence-corrected chi connectivity index (χ1v) is 3.77. The molecule has 2 bridgehead atoms. The van der Waals surface area contributed by atoms with Crippen molar-refractivity contribution in [1.29, 1.82) is 0 Å². The van der Waals surface area contributed by atoms with Gasteiger partial charge in [0.15, 0.2) is 5.43 Å². The second-order valence-electron chi connectivity index (χ2n) is 3.02. The Morgan fingerprint density at radius 2 is 1.31 bits per heavy atom. The summed E-state index contributed by atoms with van der Waals surface area (Å²) < 4.78 is 0. The van der Waals surface area contributed by atoms with Gasteiger partial charge in [-0.25, -0.2) is 0 Å². The quantitative estimate of drug-likeness (QED) is 0.501. The Morgan fingerprint density at radius 3 is 1.77 bits per heavy atom. The van der Waals surface area contributed by atoms with Crippen molar-refractivity contribution in [3.8, 4) is 11.1 Å². The summed E-state index contributed by atoms with van der Waals surface area (Å²) in [5, 5.41) is 0. The van der Waals surface area contributed by atoms with E-state index in [0.717, 1.165) is 0 Å². The summed E-state index contributed by atoms with van der Waals surface area (Å²) in [5.74, 6) is 0. The number of rotatable bonds is 0. The van der Waals surface area contributed by atoms with Crippen LogP contribution in [-0.4, -0.2) is 4.98 Å². The van der Waals surface area contributed by atoms with Gasteiger partial charge >= 0.3 is 0 Å². The number of aromatic nitrogens is 1. The van der Waals surface area contributed by atoms with Crippen molar-refractivity contribution < 1.29 is 0 Å². The number of fused-ring (bicyclic) bond motifs is 5. The molecule has 1 heterocycles. The van der Waals surface area contributed by atoms with Crippen molar-refractivity contribution in [2.24, 2.45) is 0 Å². The summed E-state index contributed by atoms with van der Waals surface area (Å²) in [5.41, 5.74) is 0.111. The van der Waals surface area contributed by atoms with Crippen LogP contribution in [0.3, 0.4) is 0 Å². The van der Waals surface area contributed by atoms with Gasteiger partial charge in [0.25, 0.3) is 11.1 Å². The average molecular weight is 173 g/mol. The third kappa shape index (κ3) is 0.527. The summed E-state index contributed by atoms with van der Waals surface area (Å²) in [6.07, 6.45) is 3.16. The van der Waals surface area contributed by atoms with Gasteiger partial charge in [0.1, 0.15) is 0 Å². The molecule has 13 heavy (non-hydrogen) atoms. The zero-order chi connectivity index (χ0) is 9.16. The Bertz CT molecular complexity index is 600. The van der Waals surface area contributed by atoms with Crippen LogP contribution in [-0.2, 0) is 0 Å². The van der Waals surface area contributed by atoms with Crippen LogP contribution in [0.5, 0.6) is 0 Å². The van der Waals surface area contributed by atoms with E-state index in [0.29, 0.717) is 11.1 Å². The molecular formula is C9H3NO3. The Labute approximate surface area is 71.2 Å². The zero-order valence-electron chi connectivity index (χ0n) is 6.38. The number of nitrogens with one attached hydrogen (secondary N) is 1. The maximum atomic E-state index is 11.4. The first kappa shape index (κ1) is 6.54. The molecule has 4 heteroatoms. The standard InChI is InChI=1S/C9H3NO3/c11-7-3-1-2-4(7)6-5(3)8(12)10-9(6)13/h1-2H,(H,10,12,13). The molecule has 3 aliphatic rings. The van der Waals surface area contributed by atoms with E-state index in [1.54, 1.807) is 12.2 Å². The Morgan fingerprint density at radius 1 is 0.846 bits per heavy atom. The second kappa shape index (κ2) is 1.69. The zero-order valence-corrected chi connectivity index (χ0v) is 6.38. The predicted molar refractivity (Wildman–Crippen MR) is 47.5 cm³/mol. The molecule has 0 radical (unpaired) electrons. The van der Waals surface area contributed by atoms with Crippen molar-refractivity contribution in [2.75, 3.05) is 0 Å². The molecule has 4 nitrogen and oxygen atoms in total. The minimum atomic E-state index is -0.456. The minimum Gasteiger partial charge on any atom is -0.289 e. The minimum absolute atomic E-state index is 0.201. The van der Waals surface area contributed by atoms with Gasteiger partial charge in [-0.05, 0) is 12.2 Å². The number of hydrogen-bond donors (Lipinski definition) is 1. The summed E-state index contributed by atoms with van der Waals surface area (Å²) >= 11 is 0. The van der Waals surface area contributed by atoms with Crippen molar-refractivity contribution in [3.05, 3.63) is 42.1 Å². The van der Waals surface area contributed by atoms with Crippen LogP contribution in [0.1, 0.15) is 11.1 Å². The SMILES string of the molecule is O=c1[nH]c(=O)c2c3c(=O)c(c1-2)C=C3.